The summed E-state index contributed by atoms with van der Waals surface area (Å²) >= 11 is 0. The molecular formula is C15H20O4. The fraction of sp³-hybridized carbons (Fsp3) is 0.467. The van der Waals surface area contributed by atoms with Gasteiger partial charge in [0.2, 0.25) is 0 Å². The molecule has 1 rings (SSSR count). The van der Waals surface area contributed by atoms with E-state index in [9.17, 15) is 9.59 Å². The van der Waals surface area contributed by atoms with E-state index in [2.05, 4.69) is 6.92 Å². The van der Waals surface area contributed by atoms with Crippen LogP contribution in [-0.2, 0) is 25.5 Å². The van der Waals surface area contributed by atoms with Crippen LogP contribution in [0.3, 0.4) is 0 Å². The molecule has 0 heterocycles. The van der Waals surface area contributed by atoms with Crippen LogP contribution in [-0.4, -0.2) is 11.9 Å². The maximum absolute atomic E-state index is 11.0. The molecule has 4 heteroatoms. The molecule has 0 amide bonds. The Kier molecular flexibility index (Phi) is 6.06. The van der Waals surface area contributed by atoms with E-state index in [4.69, 9.17) is 9.47 Å². The monoisotopic (exact) mass is 264 g/mol. The van der Waals surface area contributed by atoms with Crippen LogP contribution in [0.2, 0.25) is 0 Å². The lowest BCUT2D eigenvalue weighted by molar-refractivity contribution is -0.186. The highest BCUT2D eigenvalue weighted by Crippen LogP contribution is 2.20. The maximum Gasteiger partial charge on any atom is 0.305 e. The van der Waals surface area contributed by atoms with Crippen LogP contribution < -0.4 is 0 Å². The Bertz CT molecular complexity index is 406. The van der Waals surface area contributed by atoms with Gasteiger partial charge >= 0.3 is 11.9 Å². The average Bonchev–Trinajstić information content (AvgIpc) is 2.35. The van der Waals surface area contributed by atoms with E-state index < -0.39 is 18.2 Å². The molecule has 0 fully saturated rings. The van der Waals surface area contributed by atoms with Gasteiger partial charge in [0.1, 0.15) is 0 Å². The maximum atomic E-state index is 11.0. The molecule has 1 aromatic carbocycles. The molecule has 0 bridgehead atoms. The largest absolute Gasteiger partial charge is 0.421 e. The summed E-state index contributed by atoms with van der Waals surface area (Å²) in [5.41, 5.74) is 1.88. The van der Waals surface area contributed by atoms with Crippen molar-refractivity contribution in [3.8, 4) is 0 Å². The zero-order chi connectivity index (χ0) is 14.3. The zero-order valence-corrected chi connectivity index (χ0v) is 11.6. The van der Waals surface area contributed by atoms with Crippen LogP contribution in [0, 0.1) is 0 Å². The first-order valence-electron chi connectivity index (χ1n) is 6.46. The van der Waals surface area contributed by atoms with Crippen LogP contribution >= 0.6 is 0 Å². The minimum absolute atomic E-state index is 0.485. The first-order chi connectivity index (χ1) is 9.02. The molecule has 0 aliphatic carbocycles. The van der Waals surface area contributed by atoms with Gasteiger partial charge in [0, 0.05) is 19.4 Å². The summed E-state index contributed by atoms with van der Waals surface area (Å²) in [7, 11) is 0. The highest BCUT2D eigenvalue weighted by atomic mass is 16.7. The van der Waals surface area contributed by atoms with Crippen molar-refractivity contribution in [2.24, 2.45) is 0 Å². The molecule has 0 spiro atoms. The minimum atomic E-state index is -0.963. The summed E-state index contributed by atoms with van der Waals surface area (Å²) < 4.78 is 9.97. The van der Waals surface area contributed by atoms with Crippen molar-refractivity contribution in [3.63, 3.8) is 0 Å². The highest BCUT2D eigenvalue weighted by Gasteiger charge is 2.17. The third-order valence-electron chi connectivity index (χ3n) is 2.62. The van der Waals surface area contributed by atoms with E-state index in [-0.39, 0.29) is 0 Å². The van der Waals surface area contributed by atoms with Gasteiger partial charge in [-0.3, -0.25) is 9.59 Å². The zero-order valence-electron chi connectivity index (χ0n) is 11.6. The van der Waals surface area contributed by atoms with Crippen molar-refractivity contribution in [2.75, 3.05) is 0 Å². The number of unbranched alkanes of at least 4 members (excludes halogenated alkanes) is 1. The number of benzene rings is 1. The third kappa shape index (κ3) is 5.55. The summed E-state index contributed by atoms with van der Waals surface area (Å²) in [6, 6.07) is 7.57. The van der Waals surface area contributed by atoms with Gasteiger partial charge in [-0.2, -0.15) is 0 Å². The Balaban J connectivity index is 2.77. The van der Waals surface area contributed by atoms with Crippen LogP contribution in [0.25, 0.3) is 0 Å². The standard InChI is InChI=1S/C15H20O4/c1-4-5-6-13-7-9-14(10-8-13)15(18-11(2)16)19-12(3)17/h7-10,15H,4-6H2,1-3H3. The summed E-state index contributed by atoms with van der Waals surface area (Å²) in [5.74, 6) is -0.970. The second kappa shape index (κ2) is 7.56. The van der Waals surface area contributed by atoms with Gasteiger partial charge in [-0.1, -0.05) is 37.6 Å². The molecule has 0 aliphatic heterocycles. The van der Waals surface area contributed by atoms with Gasteiger partial charge in [0.25, 0.3) is 6.29 Å². The van der Waals surface area contributed by atoms with Crippen LogP contribution in [0.15, 0.2) is 24.3 Å². The van der Waals surface area contributed by atoms with E-state index in [1.54, 1.807) is 0 Å². The molecule has 0 N–H and O–H groups in total. The summed E-state index contributed by atoms with van der Waals surface area (Å²) in [5, 5.41) is 0. The third-order valence-corrected chi connectivity index (χ3v) is 2.62. The van der Waals surface area contributed by atoms with Gasteiger partial charge in [0.15, 0.2) is 0 Å². The van der Waals surface area contributed by atoms with Crippen molar-refractivity contribution >= 4 is 11.9 Å². The minimum Gasteiger partial charge on any atom is -0.421 e. The van der Waals surface area contributed by atoms with Gasteiger partial charge in [-0.25, -0.2) is 0 Å². The predicted molar refractivity (Wildman–Crippen MR) is 71.3 cm³/mol. The first-order valence-corrected chi connectivity index (χ1v) is 6.46. The normalized spacial score (nSPS) is 10.3. The number of carbonyl (C=O) groups excluding carboxylic acids is 2. The van der Waals surface area contributed by atoms with Crippen molar-refractivity contribution in [2.45, 2.75) is 46.3 Å². The molecule has 0 saturated heterocycles. The lowest BCUT2D eigenvalue weighted by atomic mass is 10.1. The molecule has 4 nitrogen and oxygen atoms in total. The molecule has 104 valence electrons. The van der Waals surface area contributed by atoms with E-state index in [1.807, 2.05) is 24.3 Å². The fourth-order valence-electron chi connectivity index (χ4n) is 1.68. The number of hydrogen-bond acceptors (Lipinski definition) is 4. The van der Waals surface area contributed by atoms with Crippen molar-refractivity contribution in [1.82, 2.24) is 0 Å². The van der Waals surface area contributed by atoms with Gasteiger partial charge < -0.3 is 9.47 Å². The van der Waals surface area contributed by atoms with E-state index in [0.29, 0.717) is 5.56 Å². The molecular weight excluding hydrogens is 244 g/mol. The van der Waals surface area contributed by atoms with E-state index >= 15 is 0 Å². The smallest absolute Gasteiger partial charge is 0.305 e. The highest BCUT2D eigenvalue weighted by molar-refractivity contribution is 5.68. The Morgan fingerprint density at radius 2 is 1.58 bits per heavy atom. The summed E-state index contributed by atoms with van der Waals surface area (Å²) in [4.78, 5) is 22.0. The molecule has 0 aliphatic rings. The molecule has 0 saturated carbocycles. The molecule has 0 atom stereocenters. The predicted octanol–water partition coefficient (Wildman–Crippen LogP) is 3.15. The number of hydrogen-bond donors (Lipinski definition) is 0. The SMILES string of the molecule is CCCCc1ccc(C(OC(C)=O)OC(C)=O)cc1. The lowest BCUT2D eigenvalue weighted by Gasteiger charge is -2.17. The second-order valence-electron chi connectivity index (χ2n) is 4.40. The van der Waals surface area contributed by atoms with Crippen molar-refractivity contribution in [1.29, 1.82) is 0 Å². The number of aryl methyl sites for hydroxylation is 1. The quantitative estimate of drug-likeness (QED) is 0.585. The Labute approximate surface area is 113 Å². The summed E-state index contributed by atoms with van der Waals surface area (Å²) in [6.07, 6.45) is 2.33. The molecule has 1 aromatic rings. The Hall–Kier alpha value is -1.84. The van der Waals surface area contributed by atoms with Crippen LogP contribution in [0.4, 0.5) is 0 Å². The van der Waals surface area contributed by atoms with Crippen molar-refractivity contribution < 1.29 is 19.1 Å². The van der Waals surface area contributed by atoms with Crippen molar-refractivity contribution in [3.05, 3.63) is 35.4 Å². The lowest BCUT2D eigenvalue weighted by Crippen LogP contribution is -2.14. The number of esters is 2. The number of ether oxygens (including phenoxy) is 2. The molecule has 0 aromatic heterocycles. The molecule has 19 heavy (non-hydrogen) atoms. The first kappa shape index (κ1) is 15.2. The Morgan fingerprint density at radius 3 is 2.00 bits per heavy atom. The Morgan fingerprint density at radius 1 is 1.05 bits per heavy atom. The average molecular weight is 264 g/mol. The van der Waals surface area contributed by atoms with Gasteiger partial charge in [0.05, 0.1) is 0 Å². The summed E-state index contributed by atoms with van der Waals surface area (Å²) in [6.45, 7) is 4.71. The van der Waals surface area contributed by atoms with Crippen LogP contribution in [0.1, 0.15) is 51.0 Å². The van der Waals surface area contributed by atoms with E-state index in [1.165, 1.54) is 19.4 Å². The van der Waals surface area contributed by atoms with Crippen LogP contribution in [0.5, 0.6) is 0 Å². The van der Waals surface area contributed by atoms with Gasteiger partial charge in [-0.15, -0.1) is 0 Å². The number of carbonyl (C=O) groups is 2. The van der Waals surface area contributed by atoms with E-state index in [0.717, 1.165) is 19.3 Å². The van der Waals surface area contributed by atoms with Gasteiger partial charge in [-0.05, 0) is 18.4 Å². The molecule has 0 radical (unpaired) electrons. The fourth-order valence-corrected chi connectivity index (χ4v) is 1.68. The number of rotatable bonds is 6. The second-order valence-corrected chi connectivity index (χ2v) is 4.40. The topological polar surface area (TPSA) is 52.6 Å². The molecule has 0 unspecified atom stereocenters.